The summed E-state index contributed by atoms with van der Waals surface area (Å²) in [5, 5.41) is 9.22. The summed E-state index contributed by atoms with van der Waals surface area (Å²) in [4.78, 5) is 26.2. The number of aromatic nitrogens is 4. The van der Waals surface area contributed by atoms with E-state index >= 15 is 0 Å². The number of rotatable bonds is 4. The molecular formula is C23H25FN6O2. The van der Waals surface area contributed by atoms with Crippen LogP contribution >= 0.6 is 0 Å². The highest BCUT2D eigenvalue weighted by atomic mass is 19.1. The van der Waals surface area contributed by atoms with Crippen LogP contribution < -0.4 is 10.5 Å². The molecule has 0 aromatic carbocycles. The Morgan fingerprint density at radius 2 is 2.00 bits per heavy atom. The molecule has 0 bridgehead atoms. The van der Waals surface area contributed by atoms with Gasteiger partial charge in [-0.3, -0.25) is 14.1 Å². The van der Waals surface area contributed by atoms with E-state index in [1.165, 1.54) is 16.5 Å². The molecule has 1 aliphatic heterocycles. The molecule has 5 rings (SSSR count). The van der Waals surface area contributed by atoms with Gasteiger partial charge in [-0.2, -0.15) is 0 Å². The summed E-state index contributed by atoms with van der Waals surface area (Å²) < 4.78 is 17.7. The monoisotopic (exact) mass is 436 g/mol. The third-order valence-electron chi connectivity index (χ3n) is 6.08. The largest absolute Gasteiger partial charge is 0.395 e. The molecule has 0 spiro atoms. The van der Waals surface area contributed by atoms with Crippen molar-refractivity contribution in [3.05, 3.63) is 64.7 Å². The van der Waals surface area contributed by atoms with E-state index in [-0.39, 0.29) is 17.8 Å². The van der Waals surface area contributed by atoms with E-state index in [9.17, 15) is 14.3 Å². The highest BCUT2D eigenvalue weighted by molar-refractivity contribution is 5.64. The molecule has 4 aromatic rings. The van der Waals surface area contributed by atoms with Crippen molar-refractivity contribution < 1.29 is 9.50 Å². The number of piperazine rings is 1. The number of hydrogen-bond donors (Lipinski definition) is 1. The Hall–Kier alpha value is -3.30. The van der Waals surface area contributed by atoms with Crippen LogP contribution in [0.2, 0.25) is 0 Å². The SMILES string of the molecule is Cc1cn2cc(-c3cc(=O)n4cc(N5CCN(CCO)[C@@H](C)C5)ccc4n3)cc(F)c2n1. The van der Waals surface area contributed by atoms with Crippen molar-refractivity contribution in [1.82, 2.24) is 23.7 Å². The summed E-state index contributed by atoms with van der Waals surface area (Å²) >= 11 is 0. The molecular weight excluding hydrogens is 411 g/mol. The van der Waals surface area contributed by atoms with Gasteiger partial charge in [0.25, 0.3) is 5.56 Å². The molecule has 0 saturated carbocycles. The second kappa shape index (κ2) is 7.99. The van der Waals surface area contributed by atoms with E-state index in [4.69, 9.17) is 0 Å². The average Bonchev–Trinajstić information content (AvgIpc) is 3.16. The van der Waals surface area contributed by atoms with Gasteiger partial charge in [0.2, 0.25) is 0 Å². The van der Waals surface area contributed by atoms with Crippen LogP contribution in [0.5, 0.6) is 0 Å². The van der Waals surface area contributed by atoms with Crippen LogP contribution in [-0.2, 0) is 0 Å². The molecule has 1 atom stereocenters. The number of anilines is 1. The molecule has 9 heteroatoms. The Morgan fingerprint density at radius 1 is 1.16 bits per heavy atom. The number of aliphatic hydroxyl groups excluding tert-OH is 1. The van der Waals surface area contributed by atoms with E-state index in [1.807, 2.05) is 18.3 Å². The molecule has 0 unspecified atom stereocenters. The summed E-state index contributed by atoms with van der Waals surface area (Å²) in [6, 6.07) is 6.88. The maximum atomic E-state index is 14.5. The van der Waals surface area contributed by atoms with Gasteiger partial charge in [0.15, 0.2) is 11.5 Å². The van der Waals surface area contributed by atoms with Crippen LogP contribution in [0.4, 0.5) is 10.1 Å². The van der Waals surface area contributed by atoms with Gasteiger partial charge in [-0.15, -0.1) is 0 Å². The van der Waals surface area contributed by atoms with Crippen molar-refractivity contribution in [3.63, 3.8) is 0 Å². The fourth-order valence-electron chi connectivity index (χ4n) is 4.44. The highest BCUT2D eigenvalue weighted by Crippen LogP contribution is 2.23. The van der Waals surface area contributed by atoms with Crippen molar-refractivity contribution in [2.75, 3.05) is 37.7 Å². The van der Waals surface area contributed by atoms with E-state index in [0.717, 1.165) is 25.3 Å². The minimum Gasteiger partial charge on any atom is -0.395 e. The lowest BCUT2D eigenvalue weighted by atomic mass is 10.1. The number of pyridine rings is 2. The third kappa shape index (κ3) is 3.63. The van der Waals surface area contributed by atoms with Gasteiger partial charge in [0.05, 0.1) is 23.7 Å². The standard InChI is InChI=1S/C23H25FN6O2/c1-15-11-29-13-17(9-19(24)23(29)25-15)20-10-22(32)30-14-18(3-4-21(30)26-20)28-6-5-27(7-8-31)16(2)12-28/h3-4,9-11,13-14,16,31H,5-8,12H2,1-2H3/t16-/m0/s1. The maximum absolute atomic E-state index is 14.5. The fraction of sp³-hybridized carbons (Fsp3) is 0.348. The second-order valence-electron chi connectivity index (χ2n) is 8.34. The van der Waals surface area contributed by atoms with Crippen LogP contribution in [-0.4, -0.2) is 67.6 Å². The molecule has 1 saturated heterocycles. The number of nitrogens with zero attached hydrogens (tertiary/aromatic N) is 6. The normalized spacial score (nSPS) is 17.5. The van der Waals surface area contributed by atoms with Crippen molar-refractivity contribution in [1.29, 1.82) is 0 Å². The van der Waals surface area contributed by atoms with Crippen molar-refractivity contribution >= 4 is 17.0 Å². The molecule has 0 radical (unpaired) electrons. The van der Waals surface area contributed by atoms with Gasteiger partial charge in [-0.1, -0.05) is 0 Å². The summed E-state index contributed by atoms with van der Waals surface area (Å²) in [6.45, 7) is 7.26. The van der Waals surface area contributed by atoms with Crippen molar-refractivity contribution in [2.45, 2.75) is 19.9 Å². The first kappa shape index (κ1) is 20.6. The van der Waals surface area contributed by atoms with Crippen LogP contribution in [0.1, 0.15) is 12.6 Å². The fourth-order valence-corrected chi connectivity index (χ4v) is 4.44. The minimum atomic E-state index is -0.456. The number of β-amino-alcohol motifs (C(OH)–C–C–N with tert-alkyl or cyclic N) is 1. The first-order chi connectivity index (χ1) is 15.4. The lowest BCUT2D eigenvalue weighted by molar-refractivity contribution is 0.146. The van der Waals surface area contributed by atoms with E-state index < -0.39 is 5.82 Å². The molecule has 166 valence electrons. The number of hydrogen-bond acceptors (Lipinski definition) is 6. The first-order valence-electron chi connectivity index (χ1n) is 10.7. The zero-order valence-corrected chi connectivity index (χ0v) is 18.1. The number of aliphatic hydroxyl groups is 1. The predicted molar refractivity (Wildman–Crippen MR) is 121 cm³/mol. The smallest absolute Gasteiger partial charge is 0.258 e. The minimum absolute atomic E-state index is 0.154. The quantitative estimate of drug-likeness (QED) is 0.527. The van der Waals surface area contributed by atoms with Crippen LogP contribution in [0, 0.1) is 12.7 Å². The Labute approximate surface area is 184 Å². The van der Waals surface area contributed by atoms with E-state index in [1.54, 1.807) is 23.7 Å². The number of imidazole rings is 1. The van der Waals surface area contributed by atoms with Crippen LogP contribution in [0.3, 0.4) is 0 Å². The molecule has 8 nitrogen and oxygen atoms in total. The number of fused-ring (bicyclic) bond motifs is 2. The zero-order valence-electron chi connectivity index (χ0n) is 18.1. The Bertz CT molecular complexity index is 1360. The number of halogens is 1. The average molecular weight is 436 g/mol. The molecule has 1 fully saturated rings. The van der Waals surface area contributed by atoms with Crippen molar-refractivity contribution in [3.8, 4) is 11.3 Å². The number of aryl methyl sites for hydroxylation is 1. The lowest BCUT2D eigenvalue weighted by Gasteiger charge is -2.40. The molecule has 5 heterocycles. The van der Waals surface area contributed by atoms with E-state index in [2.05, 4.69) is 26.7 Å². The zero-order chi connectivity index (χ0) is 22.4. The van der Waals surface area contributed by atoms with Gasteiger partial charge < -0.3 is 14.4 Å². The predicted octanol–water partition coefficient (Wildman–Crippen LogP) is 1.96. The van der Waals surface area contributed by atoms with Gasteiger partial charge >= 0.3 is 0 Å². The third-order valence-corrected chi connectivity index (χ3v) is 6.08. The molecule has 32 heavy (non-hydrogen) atoms. The lowest BCUT2D eigenvalue weighted by Crippen LogP contribution is -2.52. The molecule has 1 N–H and O–H groups in total. The Morgan fingerprint density at radius 3 is 2.78 bits per heavy atom. The molecule has 4 aromatic heterocycles. The maximum Gasteiger partial charge on any atom is 0.258 e. The Kier molecular flexibility index (Phi) is 5.15. The topological polar surface area (TPSA) is 78.4 Å². The summed E-state index contributed by atoms with van der Waals surface area (Å²) in [5.74, 6) is -0.456. The highest BCUT2D eigenvalue weighted by Gasteiger charge is 2.23. The Balaban J connectivity index is 1.49. The van der Waals surface area contributed by atoms with Crippen LogP contribution in [0.25, 0.3) is 22.6 Å². The van der Waals surface area contributed by atoms with Crippen LogP contribution in [0.15, 0.2) is 47.7 Å². The van der Waals surface area contributed by atoms with Gasteiger partial charge in [0, 0.05) is 62.4 Å². The molecule has 0 aliphatic carbocycles. The summed E-state index contributed by atoms with van der Waals surface area (Å²) in [5.41, 5.74) is 3.14. The van der Waals surface area contributed by atoms with Crippen molar-refractivity contribution in [2.24, 2.45) is 0 Å². The second-order valence-corrected chi connectivity index (χ2v) is 8.34. The first-order valence-corrected chi connectivity index (χ1v) is 10.7. The summed E-state index contributed by atoms with van der Waals surface area (Å²) in [6.07, 6.45) is 5.29. The summed E-state index contributed by atoms with van der Waals surface area (Å²) in [7, 11) is 0. The van der Waals surface area contributed by atoms with Gasteiger partial charge in [-0.25, -0.2) is 14.4 Å². The molecule has 0 amide bonds. The van der Waals surface area contributed by atoms with E-state index in [0.29, 0.717) is 35.2 Å². The van der Waals surface area contributed by atoms with Gasteiger partial charge in [0.1, 0.15) is 5.65 Å². The molecule has 1 aliphatic rings. The van der Waals surface area contributed by atoms with Gasteiger partial charge in [-0.05, 0) is 32.0 Å².